The number of nitrogens with zero attached hydrogens (tertiary/aromatic N) is 2. The summed E-state index contributed by atoms with van der Waals surface area (Å²) in [4.78, 5) is 4.61. The minimum Gasteiger partial charge on any atom is -0.311 e. The molecule has 0 aliphatic carbocycles. The summed E-state index contributed by atoms with van der Waals surface area (Å²) in [6.07, 6.45) is 7.87. The largest absolute Gasteiger partial charge is 0.311 e. The van der Waals surface area contributed by atoms with Crippen LogP contribution >= 0.6 is 0 Å². The molecule has 0 aliphatic rings. The Morgan fingerprint density at radius 3 is 1.11 bits per heavy atom. The van der Waals surface area contributed by atoms with E-state index in [0.717, 1.165) is 34.1 Å². The molecule has 8 aromatic rings. The van der Waals surface area contributed by atoms with Gasteiger partial charge in [0, 0.05) is 34.1 Å². The lowest BCUT2D eigenvalue weighted by Gasteiger charge is -2.26. The van der Waals surface area contributed by atoms with Gasteiger partial charge in [-0.3, -0.25) is 0 Å². The summed E-state index contributed by atoms with van der Waals surface area (Å²) < 4.78 is 0. The number of anilines is 6. The van der Waals surface area contributed by atoms with Crippen LogP contribution in [0.5, 0.6) is 0 Å². The van der Waals surface area contributed by atoms with Gasteiger partial charge in [0.25, 0.3) is 0 Å². The fourth-order valence-corrected chi connectivity index (χ4v) is 7.21. The second-order valence-corrected chi connectivity index (χ2v) is 13.9. The zero-order valence-electron chi connectivity index (χ0n) is 32.1. The van der Waals surface area contributed by atoms with Crippen molar-refractivity contribution in [3.63, 3.8) is 0 Å². The quantitative estimate of drug-likeness (QED) is 0.115. The molecular weight excluding hydrogens is 689 g/mol. The predicted molar refractivity (Wildman–Crippen MR) is 245 cm³/mol. The fraction of sp³-hybridized carbons (Fsp3) is 0.0182. The van der Waals surface area contributed by atoms with Crippen LogP contribution in [0.25, 0.3) is 39.0 Å². The summed E-state index contributed by atoms with van der Waals surface area (Å²) in [6, 6.07) is 75.8. The van der Waals surface area contributed by atoms with Crippen molar-refractivity contribution in [1.29, 1.82) is 0 Å². The van der Waals surface area contributed by atoms with E-state index in [1.165, 1.54) is 44.5 Å². The molecule has 0 amide bonds. The topological polar surface area (TPSA) is 6.48 Å². The summed E-state index contributed by atoms with van der Waals surface area (Å²) in [6.45, 7) is 5.90. The smallest absolute Gasteiger partial charge is 0.0462 e. The molecule has 57 heavy (non-hydrogen) atoms. The maximum atomic E-state index is 3.77. The molecule has 8 rings (SSSR count). The van der Waals surface area contributed by atoms with Crippen molar-refractivity contribution in [1.82, 2.24) is 0 Å². The van der Waals surface area contributed by atoms with Crippen LogP contribution in [0, 0.1) is 0 Å². The van der Waals surface area contributed by atoms with Crippen LogP contribution < -0.4 is 9.80 Å². The molecule has 0 radical (unpaired) electrons. The van der Waals surface area contributed by atoms with Crippen molar-refractivity contribution >= 4 is 39.7 Å². The van der Waals surface area contributed by atoms with Crippen LogP contribution in [0.4, 0.5) is 34.1 Å². The van der Waals surface area contributed by atoms with Crippen molar-refractivity contribution < 1.29 is 0 Å². The average Bonchev–Trinajstić information content (AvgIpc) is 3.29. The van der Waals surface area contributed by atoms with Crippen molar-refractivity contribution in [3.8, 4) is 33.4 Å². The highest BCUT2D eigenvalue weighted by Crippen LogP contribution is 2.39. The van der Waals surface area contributed by atoms with Crippen LogP contribution in [0.15, 0.2) is 243 Å². The van der Waals surface area contributed by atoms with Gasteiger partial charge in [-0.2, -0.15) is 0 Å². The van der Waals surface area contributed by atoms with Crippen molar-refractivity contribution in [3.05, 3.63) is 249 Å². The van der Waals surface area contributed by atoms with Gasteiger partial charge in [-0.15, -0.1) is 0 Å². The van der Waals surface area contributed by atoms with Gasteiger partial charge >= 0.3 is 0 Å². The average molecular weight is 733 g/mol. The normalized spacial score (nSPS) is 11.4. The number of rotatable bonds is 12. The van der Waals surface area contributed by atoms with E-state index in [2.05, 4.69) is 242 Å². The van der Waals surface area contributed by atoms with Gasteiger partial charge in [-0.1, -0.05) is 164 Å². The first-order valence-corrected chi connectivity index (χ1v) is 19.4. The van der Waals surface area contributed by atoms with Crippen LogP contribution in [-0.4, -0.2) is 0 Å². The lowest BCUT2D eigenvalue weighted by Crippen LogP contribution is -2.09. The van der Waals surface area contributed by atoms with E-state index in [0.29, 0.717) is 0 Å². The van der Waals surface area contributed by atoms with Gasteiger partial charge in [0.15, 0.2) is 0 Å². The van der Waals surface area contributed by atoms with E-state index in [9.17, 15) is 0 Å². The zero-order chi connectivity index (χ0) is 38.8. The van der Waals surface area contributed by atoms with Crippen LogP contribution in [0.3, 0.4) is 0 Å². The monoisotopic (exact) mass is 732 g/mol. The van der Waals surface area contributed by atoms with E-state index >= 15 is 0 Å². The molecule has 2 nitrogen and oxygen atoms in total. The van der Waals surface area contributed by atoms with E-state index in [1.807, 2.05) is 12.2 Å². The SMILES string of the molecule is C=C/C=C\C=C(/C)c1ccc(N(c2ccccc2)c2ccc(-c3cccc(-c4ccc(N(c5ccccc5)c5ccc(-c6ccccc6)cc5)cc4)c3)cc2)cc1. The first-order chi connectivity index (χ1) is 28.1. The molecule has 0 N–H and O–H groups in total. The molecule has 0 spiro atoms. The Balaban J connectivity index is 1.05. The van der Waals surface area contributed by atoms with Crippen LogP contribution in [-0.2, 0) is 0 Å². The molecule has 0 atom stereocenters. The molecule has 0 fully saturated rings. The van der Waals surface area contributed by atoms with Gasteiger partial charge in [-0.05, 0) is 130 Å². The Labute approximate surface area is 337 Å². The minimum atomic E-state index is 1.10. The number of hydrogen-bond donors (Lipinski definition) is 0. The lowest BCUT2D eigenvalue weighted by molar-refractivity contribution is 1.28. The molecule has 0 saturated carbocycles. The summed E-state index contributed by atoms with van der Waals surface area (Å²) >= 11 is 0. The Hall–Kier alpha value is -7.42. The fourth-order valence-electron chi connectivity index (χ4n) is 7.21. The van der Waals surface area contributed by atoms with E-state index < -0.39 is 0 Å². The summed E-state index contributed by atoms with van der Waals surface area (Å²) in [5.74, 6) is 0. The van der Waals surface area contributed by atoms with Crippen LogP contribution in [0.1, 0.15) is 12.5 Å². The molecule has 0 aliphatic heterocycles. The third kappa shape index (κ3) is 8.47. The maximum Gasteiger partial charge on any atom is 0.0462 e. The molecule has 0 heterocycles. The summed E-state index contributed by atoms with van der Waals surface area (Å²) in [5.41, 5.74) is 16.1. The molecular formula is C55H44N2. The molecule has 0 unspecified atom stereocenters. The molecule has 0 saturated heterocycles. The highest BCUT2D eigenvalue weighted by molar-refractivity contribution is 5.82. The van der Waals surface area contributed by atoms with Crippen molar-refractivity contribution in [2.24, 2.45) is 0 Å². The summed E-state index contributed by atoms with van der Waals surface area (Å²) in [5, 5.41) is 0. The molecule has 8 aromatic carbocycles. The van der Waals surface area contributed by atoms with Gasteiger partial charge in [-0.25, -0.2) is 0 Å². The molecule has 274 valence electrons. The van der Waals surface area contributed by atoms with E-state index in [1.54, 1.807) is 6.08 Å². The highest BCUT2D eigenvalue weighted by atomic mass is 15.1. The Morgan fingerprint density at radius 2 is 0.684 bits per heavy atom. The number of para-hydroxylation sites is 2. The number of benzene rings is 8. The summed E-state index contributed by atoms with van der Waals surface area (Å²) in [7, 11) is 0. The van der Waals surface area contributed by atoms with Gasteiger partial charge in [0.1, 0.15) is 0 Å². The predicted octanol–water partition coefficient (Wildman–Crippen LogP) is 15.8. The number of hydrogen-bond acceptors (Lipinski definition) is 2. The van der Waals surface area contributed by atoms with Gasteiger partial charge in [0.2, 0.25) is 0 Å². The van der Waals surface area contributed by atoms with Crippen LogP contribution in [0.2, 0.25) is 0 Å². The van der Waals surface area contributed by atoms with Crippen molar-refractivity contribution in [2.75, 3.05) is 9.80 Å². The standard InChI is InChI=1S/C55H44N2/c1-3-4-8-16-42(2)43-25-33-52(34-26-43)56(50-21-11-6-12-22-50)54-37-29-46(30-38-54)48-19-15-20-49(41-48)47-31-39-55(40-32-47)57(51-23-13-7-14-24-51)53-35-27-45(28-36-53)44-17-9-5-10-18-44/h3-41H,1H2,2H3/b8-4-,42-16+. The minimum absolute atomic E-state index is 1.10. The van der Waals surface area contributed by atoms with Crippen molar-refractivity contribution in [2.45, 2.75) is 6.92 Å². The van der Waals surface area contributed by atoms with Gasteiger partial charge < -0.3 is 9.80 Å². The molecule has 0 aromatic heterocycles. The Morgan fingerprint density at radius 1 is 0.351 bits per heavy atom. The molecule has 0 bridgehead atoms. The van der Waals surface area contributed by atoms with E-state index in [-0.39, 0.29) is 0 Å². The Kier molecular flexibility index (Phi) is 11.1. The van der Waals surface area contributed by atoms with E-state index in [4.69, 9.17) is 0 Å². The second-order valence-electron chi connectivity index (χ2n) is 13.9. The lowest BCUT2D eigenvalue weighted by atomic mass is 9.98. The zero-order valence-corrected chi connectivity index (χ0v) is 32.1. The number of allylic oxidation sites excluding steroid dienone is 5. The first kappa shape index (κ1) is 36.6. The Bertz CT molecular complexity index is 2590. The second kappa shape index (κ2) is 17.4. The van der Waals surface area contributed by atoms with Gasteiger partial charge in [0.05, 0.1) is 0 Å². The molecule has 2 heteroatoms. The third-order valence-electron chi connectivity index (χ3n) is 10.2. The third-order valence-corrected chi connectivity index (χ3v) is 10.2. The first-order valence-electron chi connectivity index (χ1n) is 19.4. The highest BCUT2D eigenvalue weighted by Gasteiger charge is 2.15. The maximum absolute atomic E-state index is 3.77.